The van der Waals surface area contributed by atoms with Gasteiger partial charge in [0.1, 0.15) is 11.9 Å². The maximum Gasteiger partial charge on any atom is 0.288 e. The smallest absolute Gasteiger partial charge is 0.288 e. The van der Waals surface area contributed by atoms with Gasteiger partial charge >= 0.3 is 0 Å². The first-order valence-electron chi connectivity index (χ1n) is 7.85. The maximum absolute atomic E-state index is 11.4. The number of nitro groups is 1. The van der Waals surface area contributed by atoms with Crippen LogP contribution in [0.15, 0.2) is 41.4 Å². The van der Waals surface area contributed by atoms with Gasteiger partial charge in [-0.3, -0.25) is 14.3 Å². The van der Waals surface area contributed by atoms with Gasteiger partial charge in [-0.15, -0.1) is 0 Å². The van der Waals surface area contributed by atoms with Gasteiger partial charge in [-0.2, -0.15) is 0 Å². The molecule has 0 N–H and O–H groups in total. The van der Waals surface area contributed by atoms with E-state index in [-0.39, 0.29) is 5.69 Å². The number of hydrogen-bond acceptors (Lipinski definition) is 6. The Hall–Kier alpha value is -2.32. The van der Waals surface area contributed by atoms with Crippen molar-refractivity contribution >= 4 is 16.5 Å². The normalized spacial score (nSPS) is 18.0. The minimum atomic E-state index is -1.06. The average Bonchev–Trinajstić information content (AvgIpc) is 3.10. The Morgan fingerprint density at radius 2 is 2.16 bits per heavy atom. The van der Waals surface area contributed by atoms with E-state index >= 15 is 0 Å². The number of pyridine rings is 1. The molecule has 8 heteroatoms. The van der Waals surface area contributed by atoms with E-state index in [0.29, 0.717) is 47.6 Å². The van der Waals surface area contributed by atoms with Crippen molar-refractivity contribution < 1.29 is 18.6 Å². The standard InChI is InChI=1S/C17H18N2O5S/c1-25(22)16-4-2-15(3-5-16)24-17-13(8-12-6-7-23-11-12)9-14(10-18-17)19(20)21/h2-5,9-10,12H,6-8,11H2,1H3. The number of aromatic nitrogens is 1. The second-order valence-electron chi connectivity index (χ2n) is 5.88. The van der Waals surface area contributed by atoms with E-state index in [1.54, 1.807) is 30.5 Å². The third-order valence-electron chi connectivity index (χ3n) is 4.02. The summed E-state index contributed by atoms with van der Waals surface area (Å²) in [6, 6.07) is 8.38. The predicted octanol–water partition coefficient (Wildman–Crippen LogP) is 3.10. The van der Waals surface area contributed by atoms with Crippen molar-refractivity contribution in [2.45, 2.75) is 17.7 Å². The first-order valence-corrected chi connectivity index (χ1v) is 9.41. The largest absolute Gasteiger partial charge is 0.439 e. The lowest BCUT2D eigenvalue weighted by molar-refractivity contribution is -0.385. The molecule has 7 nitrogen and oxygen atoms in total. The Kier molecular flexibility index (Phi) is 5.40. The molecule has 25 heavy (non-hydrogen) atoms. The van der Waals surface area contributed by atoms with Crippen LogP contribution < -0.4 is 4.74 Å². The molecule has 0 radical (unpaired) electrons. The molecule has 0 amide bonds. The highest BCUT2D eigenvalue weighted by Crippen LogP contribution is 2.30. The Bertz CT molecular complexity index is 788. The van der Waals surface area contributed by atoms with Gasteiger partial charge in [-0.1, -0.05) is 0 Å². The number of ether oxygens (including phenoxy) is 2. The molecular formula is C17H18N2O5S. The molecule has 1 aromatic heterocycles. The van der Waals surface area contributed by atoms with Crippen molar-refractivity contribution in [2.24, 2.45) is 5.92 Å². The number of hydrogen-bond donors (Lipinski definition) is 0. The fourth-order valence-corrected chi connectivity index (χ4v) is 3.21. The van der Waals surface area contributed by atoms with Crippen molar-refractivity contribution in [2.75, 3.05) is 19.5 Å². The monoisotopic (exact) mass is 362 g/mol. The Balaban J connectivity index is 1.85. The van der Waals surface area contributed by atoms with E-state index in [2.05, 4.69) is 4.98 Å². The van der Waals surface area contributed by atoms with E-state index in [4.69, 9.17) is 9.47 Å². The molecule has 1 aliphatic rings. The Labute approximate surface area is 147 Å². The molecular weight excluding hydrogens is 344 g/mol. The van der Waals surface area contributed by atoms with Gasteiger partial charge in [0, 0.05) is 46.8 Å². The van der Waals surface area contributed by atoms with Crippen LogP contribution in [0.5, 0.6) is 11.6 Å². The third kappa shape index (κ3) is 4.40. The molecule has 2 heterocycles. The molecule has 1 aromatic carbocycles. The molecule has 0 aliphatic carbocycles. The van der Waals surface area contributed by atoms with E-state index < -0.39 is 15.7 Å². The number of rotatable bonds is 6. The topological polar surface area (TPSA) is 91.6 Å². The molecule has 2 unspecified atom stereocenters. The van der Waals surface area contributed by atoms with Crippen molar-refractivity contribution in [3.63, 3.8) is 0 Å². The van der Waals surface area contributed by atoms with Gasteiger partial charge in [0.05, 0.1) is 4.92 Å². The Morgan fingerprint density at radius 1 is 1.40 bits per heavy atom. The van der Waals surface area contributed by atoms with Crippen LogP contribution in [0.3, 0.4) is 0 Å². The van der Waals surface area contributed by atoms with Gasteiger partial charge in [0.25, 0.3) is 5.69 Å². The number of benzene rings is 1. The zero-order valence-electron chi connectivity index (χ0n) is 13.7. The van der Waals surface area contributed by atoms with Crippen LogP contribution in [0.25, 0.3) is 0 Å². The fraction of sp³-hybridized carbons (Fsp3) is 0.353. The molecule has 0 spiro atoms. The zero-order chi connectivity index (χ0) is 17.8. The summed E-state index contributed by atoms with van der Waals surface area (Å²) in [4.78, 5) is 15.4. The first-order chi connectivity index (χ1) is 12.0. The highest BCUT2D eigenvalue weighted by Gasteiger charge is 2.21. The summed E-state index contributed by atoms with van der Waals surface area (Å²) in [5.41, 5.74) is 0.630. The minimum Gasteiger partial charge on any atom is -0.439 e. The lowest BCUT2D eigenvalue weighted by Gasteiger charge is -2.12. The van der Waals surface area contributed by atoms with Gasteiger partial charge < -0.3 is 9.47 Å². The summed E-state index contributed by atoms with van der Waals surface area (Å²) < 4.78 is 22.6. The fourth-order valence-electron chi connectivity index (χ4n) is 2.69. The second kappa shape index (κ2) is 7.71. The van der Waals surface area contributed by atoms with Crippen LogP contribution in [-0.2, 0) is 22.0 Å². The predicted molar refractivity (Wildman–Crippen MR) is 92.4 cm³/mol. The molecule has 1 saturated heterocycles. The molecule has 3 rings (SSSR count). The highest BCUT2D eigenvalue weighted by atomic mass is 32.2. The minimum absolute atomic E-state index is 0.0574. The summed E-state index contributed by atoms with van der Waals surface area (Å²) in [6.45, 7) is 1.35. The van der Waals surface area contributed by atoms with E-state index in [0.717, 1.165) is 6.42 Å². The lowest BCUT2D eigenvalue weighted by atomic mass is 9.99. The number of nitrogens with zero attached hydrogens (tertiary/aromatic N) is 2. The summed E-state index contributed by atoms with van der Waals surface area (Å²) in [6.07, 6.45) is 4.33. The molecule has 2 aromatic rings. The van der Waals surface area contributed by atoms with Crippen LogP contribution in [-0.4, -0.2) is 33.6 Å². The van der Waals surface area contributed by atoms with Crippen molar-refractivity contribution in [3.8, 4) is 11.6 Å². The third-order valence-corrected chi connectivity index (χ3v) is 4.96. The van der Waals surface area contributed by atoms with E-state index in [9.17, 15) is 14.3 Å². The maximum atomic E-state index is 11.4. The van der Waals surface area contributed by atoms with Crippen LogP contribution >= 0.6 is 0 Å². The molecule has 1 fully saturated rings. The summed E-state index contributed by atoms with van der Waals surface area (Å²) in [5, 5.41) is 11.0. The van der Waals surface area contributed by atoms with Crippen LogP contribution in [0.4, 0.5) is 5.69 Å². The summed E-state index contributed by atoms with van der Waals surface area (Å²) in [5.74, 6) is 1.19. The van der Waals surface area contributed by atoms with Gasteiger partial charge in [-0.25, -0.2) is 4.98 Å². The quantitative estimate of drug-likeness (QED) is 0.579. The summed E-state index contributed by atoms with van der Waals surface area (Å²) >= 11 is 0. The lowest BCUT2D eigenvalue weighted by Crippen LogP contribution is -2.06. The van der Waals surface area contributed by atoms with Crippen molar-refractivity contribution in [1.82, 2.24) is 4.98 Å². The summed E-state index contributed by atoms with van der Waals surface area (Å²) in [7, 11) is -1.06. The molecule has 0 saturated carbocycles. The molecule has 1 aliphatic heterocycles. The van der Waals surface area contributed by atoms with Crippen LogP contribution in [0, 0.1) is 16.0 Å². The van der Waals surface area contributed by atoms with E-state index in [1.165, 1.54) is 12.3 Å². The second-order valence-corrected chi connectivity index (χ2v) is 7.26. The van der Waals surface area contributed by atoms with Crippen molar-refractivity contribution in [1.29, 1.82) is 0 Å². The zero-order valence-corrected chi connectivity index (χ0v) is 14.5. The van der Waals surface area contributed by atoms with Crippen LogP contribution in [0.1, 0.15) is 12.0 Å². The molecule has 132 valence electrons. The van der Waals surface area contributed by atoms with Gasteiger partial charge in [-0.05, 0) is 43.0 Å². The van der Waals surface area contributed by atoms with Crippen LogP contribution in [0.2, 0.25) is 0 Å². The first kappa shape index (κ1) is 17.5. The SMILES string of the molecule is CS(=O)c1ccc(Oc2ncc([N+](=O)[O-])cc2CC2CCOC2)cc1. The van der Waals surface area contributed by atoms with Crippen molar-refractivity contribution in [3.05, 3.63) is 52.2 Å². The highest BCUT2D eigenvalue weighted by molar-refractivity contribution is 7.84. The molecule has 0 bridgehead atoms. The Morgan fingerprint density at radius 3 is 2.76 bits per heavy atom. The van der Waals surface area contributed by atoms with Gasteiger partial charge in [0.2, 0.25) is 5.88 Å². The van der Waals surface area contributed by atoms with E-state index in [1.807, 2.05) is 0 Å². The average molecular weight is 362 g/mol. The molecule has 2 atom stereocenters. The van der Waals surface area contributed by atoms with Gasteiger partial charge in [0.15, 0.2) is 0 Å².